The molecule has 0 aliphatic carbocycles. The molecule has 1 saturated heterocycles. The molecule has 1 aromatic heterocycles. The van der Waals surface area contributed by atoms with Gasteiger partial charge < -0.3 is 9.88 Å². The van der Waals surface area contributed by atoms with Gasteiger partial charge in [-0.3, -0.25) is 4.90 Å². The van der Waals surface area contributed by atoms with Gasteiger partial charge in [-0.15, -0.1) is 0 Å². The van der Waals surface area contributed by atoms with Crippen LogP contribution >= 0.6 is 0 Å². The van der Waals surface area contributed by atoms with Gasteiger partial charge in [0.1, 0.15) is 5.82 Å². The molecule has 2 heterocycles. The lowest BCUT2D eigenvalue weighted by Crippen LogP contribution is -2.64. The van der Waals surface area contributed by atoms with Crippen LogP contribution in [0.2, 0.25) is 0 Å². The third-order valence-electron chi connectivity index (χ3n) is 5.25. The van der Waals surface area contributed by atoms with Crippen molar-refractivity contribution in [3.8, 4) is 0 Å². The maximum Gasteiger partial charge on any atom is 0.109 e. The summed E-state index contributed by atoms with van der Waals surface area (Å²) in [6.07, 6.45) is 9.96. The van der Waals surface area contributed by atoms with Crippen molar-refractivity contribution in [3.05, 3.63) is 18.2 Å². The van der Waals surface area contributed by atoms with Gasteiger partial charge in [-0.25, -0.2) is 4.98 Å². The van der Waals surface area contributed by atoms with Crippen LogP contribution in [0.3, 0.4) is 0 Å². The van der Waals surface area contributed by atoms with Crippen molar-refractivity contribution in [1.82, 2.24) is 19.8 Å². The van der Waals surface area contributed by atoms with Crippen LogP contribution in [0, 0.1) is 0 Å². The molecule has 0 radical (unpaired) electrons. The first-order chi connectivity index (χ1) is 10.1. The molecule has 1 aliphatic rings. The zero-order chi connectivity index (χ0) is 15.3. The van der Waals surface area contributed by atoms with Gasteiger partial charge >= 0.3 is 0 Å². The van der Waals surface area contributed by atoms with E-state index in [0.717, 1.165) is 19.5 Å². The van der Waals surface area contributed by atoms with Crippen molar-refractivity contribution in [1.29, 1.82) is 0 Å². The summed E-state index contributed by atoms with van der Waals surface area (Å²) >= 11 is 0. The number of imidazole rings is 1. The standard InChI is InChI=1S/C17H32N4/c1-5-8-15-13-19-17(6-2,7-3)14-21(15)11-9-16-18-10-12-20(16)4/h10,12,15,19H,5-9,11,13-14H2,1-4H3. The number of piperazine rings is 1. The predicted octanol–water partition coefficient (Wildman–Crippen LogP) is 2.60. The van der Waals surface area contributed by atoms with Crippen LogP contribution in [0.15, 0.2) is 12.4 Å². The first-order valence-electron chi connectivity index (χ1n) is 8.59. The molecule has 1 fully saturated rings. The molecule has 21 heavy (non-hydrogen) atoms. The van der Waals surface area contributed by atoms with E-state index in [4.69, 9.17) is 0 Å². The summed E-state index contributed by atoms with van der Waals surface area (Å²) < 4.78 is 2.14. The van der Waals surface area contributed by atoms with Crippen LogP contribution in [0.1, 0.15) is 52.3 Å². The van der Waals surface area contributed by atoms with Crippen LogP contribution in [-0.4, -0.2) is 45.7 Å². The third kappa shape index (κ3) is 3.86. The van der Waals surface area contributed by atoms with E-state index in [1.807, 2.05) is 12.4 Å². The highest BCUT2D eigenvalue weighted by Gasteiger charge is 2.36. The van der Waals surface area contributed by atoms with Gasteiger partial charge in [0.05, 0.1) is 0 Å². The van der Waals surface area contributed by atoms with Crippen molar-refractivity contribution in [3.63, 3.8) is 0 Å². The fourth-order valence-corrected chi connectivity index (χ4v) is 3.52. The minimum absolute atomic E-state index is 0.311. The Bertz CT molecular complexity index is 422. The van der Waals surface area contributed by atoms with Gasteiger partial charge in [-0.2, -0.15) is 0 Å². The zero-order valence-corrected chi connectivity index (χ0v) is 14.2. The number of aryl methyl sites for hydroxylation is 1. The summed E-state index contributed by atoms with van der Waals surface area (Å²) in [5, 5.41) is 3.84. The summed E-state index contributed by atoms with van der Waals surface area (Å²) in [5.74, 6) is 1.20. The molecule has 1 unspecified atom stereocenters. The highest BCUT2D eigenvalue weighted by atomic mass is 15.3. The first kappa shape index (κ1) is 16.5. The molecule has 4 heteroatoms. The number of hydrogen-bond acceptors (Lipinski definition) is 3. The van der Waals surface area contributed by atoms with Crippen LogP contribution in [0.4, 0.5) is 0 Å². The molecular weight excluding hydrogens is 260 g/mol. The topological polar surface area (TPSA) is 33.1 Å². The maximum atomic E-state index is 4.47. The lowest BCUT2D eigenvalue weighted by atomic mass is 9.87. The molecule has 1 aliphatic heterocycles. The molecule has 0 saturated carbocycles. The van der Waals surface area contributed by atoms with Gasteiger partial charge in [-0.1, -0.05) is 27.2 Å². The van der Waals surface area contributed by atoms with Crippen molar-refractivity contribution < 1.29 is 0 Å². The average Bonchev–Trinajstić information content (AvgIpc) is 2.92. The van der Waals surface area contributed by atoms with Crippen molar-refractivity contribution in [2.24, 2.45) is 7.05 Å². The molecule has 4 nitrogen and oxygen atoms in total. The highest BCUT2D eigenvalue weighted by Crippen LogP contribution is 2.24. The minimum Gasteiger partial charge on any atom is -0.338 e. The van der Waals surface area contributed by atoms with E-state index >= 15 is 0 Å². The van der Waals surface area contributed by atoms with Gasteiger partial charge in [-0.05, 0) is 19.3 Å². The monoisotopic (exact) mass is 292 g/mol. The number of aromatic nitrogens is 2. The van der Waals surface area contributed by atoms with Crippen LogP contribution < -0.4 is 5.32 Å². The third-order valence-corrected chi connectivity index (χ3v) is 5.25. The second-order valence-corrected chi connectivity index (χ2v) is 6.49. The fourth-order valence-electron chi connectivity index (χ4n) is 3.52. The summed E-state index contributed by atoms with van der Waals surface area (Å²) in [5.41, 5.74) is 0.311. The predicted molar refractivity (Wildman–Crippen MR) is 88.5 cm³/mol. The number of nitrogens with one attached hydrogen (secondary N) is 1. The molecule has 1 aromatic rings. The Labute approximate surface area is 129 Å². The minimum atomic E-state index is 0.311. The normalized spacial score (nSPS) is 22.6. The molecule has 0 aromatic carbocycles. The van der Waals surface area contributed by atoms with Gasteiger partial charge in [0, 0.05) is 57.1 Å². The maximum absolute atomic E-state index is 4.47. The van der Waals surface area contributed by atoms with Crippen LogP contribution in [-0.2, 0) is 13.5 Å². The number of hydrogen-bond donors (Lipinski definition) is 1. The van der Waals surface area contributed by atoms with Crippen molar-refractivity contribution >= 4 is 0 Å². The van der Waals surface area contributed by atoms with E-state index in [0.29, 0.717) is 11.6 Å². The Morgan fingerprint density at radius 3 is 2.67 bits per heavy atom. The van der Waals surface area contributed by atoms with Gasteiger partial charge in [0.2, 0.25) is 0 Å². The first-order valence-corrected chi connectivity index (χ1v) is 8.59. The van der Waals surface area contributed by atoms with E-state index in [1.54, 1.807) is 0 Å². The Morgan fingerprint density at radius 2 is 2.10 bits per heavy atom. The number of nitrogens with zero attached hydrogens (tertiary/aromatic N) is 3. The van der Waals surface area contributed by atoms with Crippen LogP contribution in [0.5, 0.6) is 0 Å². The van der Waals surface area contributed by atoms with E-state index in [9.17, 15) is 0 Å². The Kier molecular flexibility index (Phi) is 5.82. The second-order valence-electron chi connectivity index (χ2n) is 6.49. The van der Waals surface area contributed by atoms with E-state index < -0.39 is 0 Å². The van der Waals surface area contributed by atoms with E-state index in [-0.39, 0.29) is 0 Å². The Balaban J connectivity index is 2.01. The quantitative estimate of drug-likeness (QED) is 0.838. The van der Waals surface area contributed by atoms with E-state index in [1.165, 1.54) is 38.1 Å². The van der Waals surface area contributed by atoms with Crippen LogP contribution in [0.25, 0.3) is 0 Å². The van der Waals surface area contributed by atoms with Crippen molar-refractivity contribution in [2.45, 2.75) is 64.5 Å². The summed E-state index contributed by atoms with van der Waals surface area (Å²) in [6, 6.07) is 0.682. The molecule has 1 atom stereocenters. The molecule has 120 valence electrons. The van der Waals surface area contributed by atoms with Gasteiger partial charge in [0.15, 0.2) is 0 Å². The second kappa shape index (κ2) is 7.41. The van der Waals surface area contributed by atoms with E-state index in [2.05, 4.69) is 47.6 Å². The smallest absolute Gasteiger partial charge is 0.109 e. The van der Waals surface area contributed by atoms with Crippen molar-refractivity contribution in [2.75, 3.05) is 19.6 Å². The molecule has 0 amide bonds. The van der Waals surface area contributed by atoms with Gasteiger partial charge in [0.25, 0.3) is 0 Å². The summed E-state index contributed by atoms with van der Waals surface area (Å²) in [4.78, 5) is 7.18. The summed E-state index contributed by atoms with van der Waals surface area (Å²) in [6.45, 7) is 10.4. The molecular formula is C17H32N4. The molecule has 2 rings (SSSR count). The zero-order valence-electron chi connectivity index (χ0n) is 14.2. The molecule has 0 bridgehead atoms. The SMILES string of the molecule is CCCC1CNC(CC)(CC)CN1CCc1nccn1C. The Hall–Kier alpha value is -0.870. The molecule has 1 N–H and O–H groups in total. The summed E-state index contributed by atoms with van der Waals surface area (Å²) in [7, 11) is 2.09. The average molecular weight is 292 g/mol. The Morgan fingerprint density at radius 1 is 1.33 bits per heavy atom. The largest absolute Gasteiger partial charge is 0.338 e. The highest BCUT2D eigenvalue weighted by molar-refractivity contribution is 4.98. The number of rotatable bonds is 7. The fraction of sp³-hybridized carbons (Fsp3) is 0.824. The molecule has 0 spiro atoms. The lowest BCUT2D eigenvalue weighted by molar-refractivity contribution is 0.0683. The lowest BCUT2D eigenvalue weighted by Gasteiger charge is -2.47.